The van der Waals surface area contributed by atoms with Crippen molar-refractivity contribution in [2.75, 3.05) is 0 Å². The van der Waals surface area contributed by atoms with Gasteiger partial charge in [-0.05, 0) is 29.3 Å². The summed E-state index contributed by atoms with van der Waals surface area (Å²) in [7, 11) is 0. The Bertz CT molecular complexity index is 617. The molecule has 0 heterocycles. The molecule has 0 radical (unpaired) electrons. The number of benzene rings is 2. The van der Waals surface area contributed by atoms with Gasteiger partial charge < -0.3 is 5.32 Å². The molecule has 104 valence electrons. The van der Waals surface area contributed by atoms with Gasteiger partial charge in [-0.1, -0.05) is 39.7 Å². The van der Waals surface area contributed by atoms with E-state index in [1.165, 1.54) is 12.1 Å². The van der Waals surface area contributed by atoms with E-state index >= 15 is 0 Å². The third-order valence-corrected chi connectivity index (χ3v) is 3.80. The van der Waals surface area contributed by atoms with E-state index in [1.54, 1.807) is 6.07 Å². The zero-order chi connectivity index (χ0) is 14.5. The van der Waals surface area contributed by atoms with Gasteiger partial charge in [0.25, 0.3) is 5.69 Å². The topological polar surface area (TPSA) is 55.2 Å². The molecular weight excluding hydrogens is 344 g/mol. The number of nitro benzene ring substituents is 1. The van der Waals surface area contributed by atoms with Crippen molar-refractivity contribution in [3.8, 4) is 0 Å². The fourth-order valence-electron chi connectivity index (χ4n) is 1.74. The number of non-ortho nitro benzene ring substituents is 1. The number of halogens is 2. The molecule has 0 aliphatic rings. The van der Waals surface area contributed by atoms with Crippen LogP contribution in [0, 0.1) is 10.1 Å². The van der Waals surface area contributed by atoms with Crippen LogP contribution < -0.4 is 5.32 Å². The van der Waals surface area contributed by atoms with E-state index in [0.717, 1.165) is 15.6 Å². The van der Waals surface area contributed by atoms with Crippen molar-refractivity contribution in [2.24, 2.45) is 0 Å². The van der Waals surface area contributed by atoms with Crippen LogP contribution in [0.1, 0.15) is 11.1 Å². The van der Waals surface area contributed by atoms with Gasteiger partial charge in [0, 0.05) is 34.7 Å². The molecule has 0 unspecified atom stereocenters. The summed E-state index contributed by atoms with van der Waals surface area (Å²) in [5.41, 5.74) is 2.19. The number of hydrogen-bond donors (Lipinski definition) is 1. The molecule has 0 atom stereocenters. The Labute approximate surface area is 130 Å². The van der Waals surface area contributed by atoms with Crippen molar-refractivity contribution in [3.05, 3.63) is 73.2 Å². The highest BCUT2D eigenvalue weighted by Gasteiger charge is 2.08. The minimum absolute atomic E-state index is 0.0818. The summed E-state index contributed by atoms with van der Waals surface area (Å²) in [6.07, 6.45) is 0. The Kier molecular flexibility index (Phi) is 5.11. The van der Waals surface area contributed by atoms with Gasteiger partial charge >= 0.3 is 0 Å². The van der Waals surface area contributed by atoms with Crippen molar-refractivity contribution < 1.29 is 4.92 Å². The van der Waals surface area contributed by atoms with Gasteiger partial charge in [0.15, 0.2) is 0 Å². The van der Waals surface area contributed by atoms with Crippen molar-refractivity contribution >= 4 is 33.2 Å². The van der Waals surface area contributed by atoms with E-state index in [2.05, 4.69) is 21.2 Å². The molecule has 0 saturated heterocycles. The van der Waals surface area contributed by atoms with Crippen molar-refractivity contribution in [2.45, 2.75) is 13.1 Å². The van der Waals surface area contributed by atoms with Crippen LogP contribution in [0.2, 0.25) is 5.02 Å². The second-order valence-corrected chi connectivity index (χ2v) is 5.55. The monoisotopic (exact) mass is 354 g/mol. The van der Waals surface area contributed by atoms with Gasteiger partial charge in [-0.3, -0.25) is 10.1 Å². The molecule has 4 nitrogen and oxygen atoms in total. The summed E-state index contributed by atoms with van der Waals surface area (Å²) >= 11 is 9.17. The highest BCUT2D eigenvalue weighted by atomic mass is 79.9. The molecule has 0 aliphatic carbocycles. The molecular formula is C14H12BrClN2O2. The number of nitrogens with one attached hydrogen (secondary N) is 1. The Balaban J connectivity index is 1.94. The SMILES string of the molecule is O=[N+]([O-])c1ccc(CNCc2ccc(Cl)cc2)c(Br)c1. The van der Waals surface area contributed by atoms with Crippen LogP contribution >= 0.6 is 27.5 Å². The van der Waals surface area contributed by atoms with Gasteiger partial charge in [0.1, 0.15) is 0 Å². The van der Waals surface area contributed by atoms with E-state index in [1.807, 2.05) is 24.3 Å². The average Bonchev–Trinajstić information content (AvgIpc) is 2.42. The van der Waals surface area contributed by atoms with Crippen LogP contribution in [-0.4, -0.2) is 4.92 Å². The van der Waals surface area contributed by atoms with Crippen LogP contribution in [-0.2, 0) is 13.1 Å². The first-order valence-electron chi connectivity index (χ1n) is 5.94. The van der Waals surface area contributed by atoms with Crippen LogP contribution in [0.4, 0.5) is 5.69 Å². The summed E-state index contributed by atoms with van der Waals surface area (Å²) in [6.45, 7) is 1.34. The highest BCUT2D eigenvalue weighted by Crippen LogP contribution is 2.23. The van der Waals surface area contributed by atoms with Gasteiger partial charge in [0.05, 0.1) is 4.92 Å². The first-order chi connectivity index (χ1) is 9.56. The Morgan fingerprint density at radius 1 is 1.15 bits per heavy atom. The van der Waals surface area contributed by atoms with E-state index in [-0.39, 0.29) is 5.69 Å². The van der Waals surface area contributed by atoms with Crippen LogP contribution in [0.15, 0.2) is 46.9 Å². The number of nitrogens with zero attached hydrogens (tertiary/aromatic N) is 1. The van der Waals surface area contributed by atoms with E-state index in [4.69, 9.17) is 11.6 Å². The van der Waals surface area contributed by atoms with Crippen LogP contribution in [0.5, 0.6) is 0 Å². The maximum atomic E-state index is 10.6. The molecule has 0 aliphatic heterocycles. The summed E-state index contributed by atoms with van der Waals surface area (Å²) in [4.78, 5) is 10.2. The van der Waals surface area contributed by atoms with Crippen molar-refractivity contribution in [1.82, 2.24) is 5.32 Å². The normalized spacial score (nSPS) is 10.5. The van der Waals surface area contributed by atoms with E-state index in [9.17, 15) is 10.1 Å². The number of rotatable bonds is 5. The number of hydrogen-bond acceptors (Lipinski definition) is 3. The first-order valence-corrected chi connectivity index (χ1v) is 7.11. The lowest BCUT2D eigenvalue weighted by atomic mass is 10.2. The first kappa shape index (κ1) is 15.0. The van der Waals surface area contributed by atoms with Gasteiger partial charge in [-0.25, -0.2) is 0 Å². The molecule has 1 N–H and O–H groups in total. The lowest BCUT2D eigenvalue weighted by Crippen LogP contribution is -2.13. The Hall–Kier alpha value is -1.43. The molecule has 20 heavy (non-hydrogen) atoms. The highest BCUT2D eigenvalue weighted by molar-refractivity contribution is 9.10. The molecule has 0 spiro atoms. The van der Waals surface area contributed by atoms with Gasteiger partial charge in [0.2, 0.25) is 0 Å². The molecule has 0 aromatic heterocycles. The molecule has 0 bridgehead atoms. The largest absolute Gasteiger partial charge is 0.309 e. The second-order valence-electron chi connectivity index (χ2n) is 4.26. The third-order valence-electron chi connectivity index (χ3n) is 2.81. The predicted molar refractivity (Wildman–Crippen MR) is 82.8 cm³/mol. The molecule has 0 saturated carbocycles. The summed E-state index contributed by atoms with van der Waals surface area (Å²) < 4.78 is 0.732. The van der Waals surface area contributed by atoms with Gasteiger partial charge in [-0.15, -0.1) is 0 Å². The molecule has 2 rings (SSSR count). The standard InChI is InChI=1S/C14H12BrClN2O2/c15-14-7-13(18(19)20)6-3-11(14)9-17-8-10-1-4-12(16)5-2-10/h1-7,17H,8-9H2. The Morgan fingerprint density at radius 3 is 2.45 bits per heavy atom. The fourth-order valence-corrected chi connectivity index (χ4v) is 2.37. The lowest BCUT2D eigenvalue weighted by Gasteiger charge is -2.07. The Morgan fingerprint density at radius 2 is 1.85 bits per heavy atom. The molecule has 0 fully saturated rings. The third kappa shape index (κ3) is 4.03. The van der Waals surface area contributed by atoms with Crippen LogP contribution in [0.25, 0.3) is 0 Å². The smallest absolute Gasteiger partial charge is 0.270 e. The summed E-state index contributed by atoms with van der Waals surface area (Å²) in [5.74, 6) is 0. The van der Waals surface area contributed by atoms with Crippen molar-refractivity contribution in [1.29, 1.82) is 0 Å². The minimum atomic E-state index is -0.407. The molecule has 0 amide bonds. The minimum Gasteiger partial charge on any atom is -0.309 e. The molecule has 2 aromatic carbocycles. The lowest BCUT2D eigenvalue weighted by molar-refractivity contribution is -0.384. The quantitative estimate of drug-likeness (QED) is 0.642. The van der Waals surface area contributed by atoms with E-state index in [0.29, 0.717) is 18.1 Å². The second kappa shape index (κ2) is 6.83. The maximum absolute atomic E-state index is 10.6. The summed E-state index contributed by atoms with van der Waals surface area (Å²) in [5, 5.41) is 14.6. The number of nitro groups is 1. The fraction of sp³-hybridized carbons (Fsp3) is 0.143. The maximum Gasteiger partial charge on any atom is 0.270 e. The van der Waals surface area contributed by atoms with Gasteiger partial charge in [-0.2, -0.15) is 0 Å². The van der Waals surface area contributed by atoms with E-state index < -0.39 is 4.92 Å². The zero-order valence-corrected chi connectivity index (χ0v) is 12.8. The molecule has 6 heteroatoms. The molecule has 2 aromatic rings. The van der Waals surface area contributed by atoms with Crippen LogP contribution in [0.3, 0.4) is 0 Å². The average molecular weight is 356 g/mol. The van der Waals surface area contributed by atoms with Crippen molar-refractivity contribution in [3.63, 3.8) is 0 Å². The predicted octanol–water partition coefficient (Wildman–Crippen LogP) is 4.30. The summed E-state index contributed by atoms with van der Waals surface area (Å²) in [6, 6.07) is 12.4. The zero-order valence-electron chi connectivity index (χ0n) is 10.5.